The highest BCUT2D eigenvalue weighted by Gasteiger charge is 2.64. The van der Waals surface area contributed by atoms with Gasteiger partial charge in [-0.25, -0.2) is 4.79 Å². The molecule has 0 saturated heterocycles. The summed E-state index contributed by atoms with van der Waals surface area (Å²) < 4.78 is 12.3. The zero-order chi connectivity index (χ0) is 22.4. The van der Waals surface area contributed by atoms with Gasteiger partial charge in [0.2, 0.25) is 0 Å². The first-order chi connectivity index (χ1) is 16.2. The molecule has 1 fully saturated rings. The van der Waals surface area contributed by atoms with Crippen molar-refractivity contribution in [3.8, 4) is 11.5 Å². The molecule has 6 nitrogen and oxygen atoms in total. The van der Waals surface area contributed by atoms with Gasteiger partial charge < -0.3 is 19.9 Å². The number of phenols is 1. The molecule has 2 aromatic rings. The minimum atomic E-state index is -0.465. The summed E-state index contributed by atoms with van der Waals surface area (Å²) in [7, 11) is 0. The van der Waals surface area contributed by atoms with Crippen LogP contribution in [0.4, 0.5) is 4.79 Å². The second-order valence-corrected chi connectivity index (χ2v) is 9.91. The summed E-state index contributed by atoms with van der Waals surface area (Å²) in [5, 5.41) is 13.5. The number of hydrogen-bond acceptors (Lipinski definition) is 5. The number of alkyl carbamates (subject to hydrolysis) is 1. The van der Waals surface area contributed by atoms with Crippen molar-refractivity contribution in [2.24, 2.45) is 11.8 Å². The number of unbranched alkanes of at least 4 members (excludes halogenated alkanes) is 1. The van der Waals surface area contributed by atoms with Crippen molar-refractivity contribution >= 4 is 6.09 Å². The van der Waals surface area contributed by atoms with E-state index in [4.69, 9.17) is 9.47 Å². The van der Waals surface area contributed by atoms with E-state index in [-0.39, 0.29) is 17.3 Å². The Morgan fingerprint density at radius 3 is 3.09 bits per heavy atom. The molecule has 0 radical (unpaired) electrons. The van der Waals surface area contributed by atoms with Crippen LogP contribution in [0.3, 0.4) is 0 Å². The highest BCUT2D eigenvalue weighted by molar-refractivity contribution is 5.68. The number of aromatic nitrogens is 1. The molecule has 6 rings (SSSR count). The Morgan fingerprint density at radius 2 is 2.21 bits per heavy atom. The van der Waals surface area contributed by atoms with Gasteiger partial charge in [0.05, 0.1) is 0 Å². The van der Waals surface area contributed by atoms with E-state index in [0.29, 0.717) is 24.1 Å². The number of nitrogens with zero attached hydrogens (tertiary/aromatic N) is 1. The van der Waals surface area contributed by atoms with Crippen molar-refractivity contribution in [3.05, 3.63) is 65.5 Å². The fourth-order valence-electron chi connectivity index (χ4n) is 6.82. The van der Waals surface area contributed by atoms with E-state index in [1.165, 1.54) is 23.1 Å². The van der Waals surface area contributed by atoms with Crippen LogP contribution in [-0.2, 0) is 23.0 Å². The second-order valence-electron chi connectivity index (χ2n) is 9.91. The Morgan fingerprint density at radius 1 is 1.27 bits per heavy atom. The van der Waals surface area contributed by atoms with Crippen molar-refractivity contribution in [2.75, 3.05) is 6.54 Å². The summed E-state index contributed by atoms with van der Waals surface area (Å²) in [6, 6.07) is 7.82. The van der Waals surface area contributed by atoms with E-state index in [0.717, 1.165) is 38.5 Å². The van der Waals surface area contributed by atoms with Gasteiger partial charge in [-0.15, -0.1) is 0 Å². The van der Waals surface area contributed by atoms with Crippen molar-refractivity contribution in [1.29, 1.82) is 0 Å². The molecule has 0 unspecified atom stereocenters. The Hall–Kier alpha value is -3.02. The second kappa shape index (κ2) is 8.08. The molecule has 1 aromatic heterocycles. The van der Waals surface area contributed by atoms with Gasteiger partial charge in [-0.1, -0.05) is 24.6 Å². The van der Waals surface area contributed by atoms with Crippen molar-refractivity contribution in [1.82, 2.24) is 10.3 Å². The first kappa shape index (κ1) is 20.6. The van der Waals surface area contributed by atoms with Gasteiger partial charge in [-0.2, -0.15) is 0 Å². The van der Waals surface area contributed by atoms with Crippen molar-refractivity contribution in [2.45, 2.75) is 62.6 Å². The lowest BCUT2D eigenvalue weighted by Gasteiger charge is -2.53. The lowest BCUT2D eigenvalue weighted by Crippen LogP contribution is -2.59. The smallest absolute Gasteiger partial charge is 0.407 e. The Labute approximate surface area is 194 Å². The van der Waals surface area contributed by atoms with Crippen LogP contribution >= 0.6 is 0 Å². The number of aromatic hydroxyl groups is 1. The monoisotopic (exact) mass is 446 g/mol. The molecular formula is C27H30N2O4. The number of carbonyl (C=O) groups is 1. The number of aryl methyl sites for hydroxylation is 1. The highest BCUT2D eigenvalue weighted by Crippen LogP contribution is 2.64. The summed E-state index contributed by atoms with van der Waals surface area (Å²) >= 11 is 0. The van der Waals surface area contributed by atoms with E-state index in [9.17, 15) is 9.90 Å². The standard InChI is InChI=1S/C27H30N2O4/c30-21-10-8-19-15-18-7-3-12-27-20(18)9-11-22(25(27)33-24(21)23(19)27)32-26(31)29-14-2-1-5-17-6-4-13-28-16-17/h4,6,8-11,13,16,18,20,22,25,30H,1-3,5,7,12,14-15H2,(H,29,31)/t18-,20+,22+,25+,27+/m1/s1. The summed E-state index contributed by atoms with van der Waals surface area (Å²) in [5.41, 5.74) is 3.47. The molecule has 1 aliphatic heterocycles. The van der Waals surface area contributed by atoms with Gasteiger partial charge in [-0.05, 0) is 79.7 Å². The van der Waals surface area contributed by atoms with Crippen LogP contribution in [0.5, 0.6) is 11.5 Å². The van der Waals surface area contributed by atoms with Crippen LogP contribution in [0.25, 0.3) is 0 Å². The van der Waals surface area contributed by atoms with Crippen LogP contribution < -0.4 is 10.1 Å². The number of carbonyl (C=O) groups excluding carboxylic acids is 1. The molecule has 2 bridgehead atoms. The molecule has 172 valence electrons. The number of benzene rings is 1. The van der Waals surface area contributed by atoms with Crippen LogP contribution in [-0.4, -0.2) is 34.9 Å². The van der Waals surface area contributed by atoms with E-state index < -0.39 is 12.2 Å². The van der Waals surface area contributed by atoms with Gasteiger partial charge in [0.25, 0.3) is 0 Å². The highest BCUT2D eigenvalue weighted by atomic mass is 16.6. The zero-order valence-corrected chi connectivity index (χ0v) is 18.7. The zero-order valence-electron chi connectivity index (χ0n) is 18.7. The number of hydrogen-bond donors (Lipinski definition) is 2. The molecular weight excluding hydrogens is 416 g/mol. The first-order valence-corrected chi connectivity index (χ1v) is 12.2. The lowest BCUT2D eigenvalue weighted by atomic mass is 9.50. The number of nitrogens with one attached hydrogen (secondary N) is 1. The third-order valence-electron chi connectivity index (χ3n) is 8.13. The Balaban J connectivity index is 1.13. The molecule has 1 saturated carbocycles. The third-order valence-corrected chi connectivity index (χ3v) is 8.13. The number of phenolic OH excluding ortho intramolecular Hbond substituents is 1. The van der Waals surface area contributed by atoms with Gasteiger partial charge in [0, 0.05) is 29.9 Å². The van der Waals surface area contributed by atoms with Gasteiger partial charge >= 0.3 is 6.09 Å². The number of pyridine rings is 1. The first-order valence-electron chi connectivity index (χ1n) is 12.2. The third kappa shape index (κ3) is 3.30. The number of amides is 1. The van der Waals surface area contributed by atoms with E-state index in [1.54, 1.807) is 12.3 Å². The molecule has 1 aromatic carbocycles. The minimum Gasteiger partial charge on any atom is -0.504 e. The van der Waals surface area contributed by atoms with Gasteiger partial charge in [-0.3, -0.25) is 4.98 Å². The fraction of sp³-hybridized carbons (Fsp3) is 0.481. The maximum atomic E-state index is 12.6. The average molecular weight is 447 g/mol. The molecule has 2 N–H and O–H groups in total. The predicted molar refractivity (Wildman–Crippen MR) is 123 cm³/mol. The molecule has 33 heavy (non-hydrogen) atoms. The predicted octanol–water partition coefficient (Wildman–Crippen LogP) is 4.45. The summed E-state index contributed by atoms with van der Waals surface area (Å²) in [4.78, 5) is 16.8. The average Bonchev–Trinajstić information content (AvgIpc) is 3.17. The summed E-state index contributed by atoms with van der Waals surface area (Å²) in [5.74, 6) is 1.76. The SMILES string of the molecule is O=C(NCCCCc1cccnc1)O[C@H]1C=C[C@H]2[C@@H]3CCC[C@@]24c2c(ccc(O)c2O[C@@H]14)C3. The molecule has 4 aliphatic rings. The Kier molecular flexibility index (Phi) is 5.04. The minimum absolute atomic E-state index is 0.192. The van der Waals surface area contributed by atoms with Crippen molar-refractivity contribution in [3.63, 3.8) is 0 Å². The normalized spacial score (nSPS) is 30.3. The molecule has 1 spiro atoms. The lowest BCUT2D eigenvalue weighted by molar-refractivity contribution is -0.0337. The molecule has 5 atom stereocenters. The number of rotatable bonds is 6. The summed E-state index contributed by atoms with van der Waals surface area (Å²) in [6.07, 6.45) is 14.0. The quantitative estimate of drug-likeness (QED) is 0.506. The van der Waals surface area contributed by atoms with Gasteiger partial charge in [0.15, 0.2) is 17.6 Å². The Bertz CT molecular complexity index is 1090. The van der Waals surface area contributed by atoms with Crippen LogP contribution in [0.2, 0.25) is 0 Å². The van der Waals surface area contributed by atoms with Crippen LogP contribution in [0.1, 0.15) is 48.8 Å². The van der Waals surface area contributed by atoms with Crippen LogP contribution in [0.15, 0.2) is 48.8 Å². The van der Waals surface area contributed by atoms with Crippen LogP contribution in [0, 0.1) is 11.8 Å². The maximum absolute atomic E-state index is 12.6. The molecule has 1 amide bonds. The number of allylic oxidation sites excluding steroid dienone is 1. The topological polar surface area (TPSA) is 80.7 Å². The van der Waals surface area contributed by atoms with E-state index in [2.05, 4.69) is 28.5 Å². The fourth-order valence-corrected chi connectivity index (χ4v) is 6.82. The van der Waals surface area contributed by atoms with E-state index in [1.807, 2.05) is 18.3 Å². The van der Waals surface area contributed by atoms with Gasteiger partial charge in [0.1, 0.15) is 6.10 Å². The van der Waals surface area contributed by atoms with E-state index >= 15 is 0 Å². The maximum Gasteiger partial charge on any atom is 0.407 e. The molecule has 6 heteroatoms. The number of ether oxygens (including phenoxy) is 2. The summed E-state index contributed by atoms with van der Waals surface area (Å²) in [6.45, 7) is 0.571. The molecule has 2 heterocycles. The molecule has 3 aliphatic carbocycles. The largest absolute Gasteiger partial charge is 0.504 e. The van der Waals surface area contributed by atoms with Crippen molar-refractivity contribution < 1.29 is 19.4 Å².